The van der Waals surface area contributed by atoms with Crippen molar-refractivity contribution in [2.24, 2.45) is 4.99 Å². The molecule has 2 aromatic carbocycles. The van der Waals surface area contributed by atoms with Crippen LogP contribution in [0.1, 0.15) is 18.3 Å². The molecule has 0 bridgehead atoms. The Labute approximate surface area is 200 Å². The molecule has 0 amide bonds. The molecule has 2 N–H and O–H groups in total. The number of benzene rings is 2. The first-order valence-corrected chi connectivity index (χ1v) is 10.1. The minimum atomic E-state index is -0.366. The second-order valence-corrected chi connectivity index (χ2v) is 6.94. The number of aromatic nitrogens is 2. The number of aliphatic imine (C=N–C) groups is 1. The van der Waals surface area contributed by atoms with Crippen LogP contribution in [0.5, 0.6) is 5.75 Å². The predicted octanol–water partition coefficient (Wildman–Crippen LogP) is 4.02. The standard InChI is InChI=1S/C23H28FN5O.HI/c1-18(30-21-11-7-6-10-20(21)24)16-27-23(25-2)28-17-22-26-13-15-29(22)14-12-19-8-4-3-5-9-19;/h3-11,13,15,18H,12,14,16-17H2,1-2H3,(H2,25,27,28);1H. The van der Waals surface area contributed by atoms with Gasteiger partial charge in [0.15, 0.2) is 17.5 Å². The maximum atomic E-state index is 13.7. The van der Waals surface area contributed by atoms with E-state index in [9.17, 15) is 4.39 Å². The normalized spacial score (nSPS) is 12.0. The number of halogens is 2. The maximum absolute atomic E-state index is 13.7. The second kappa shape index (κ2) is 12.9. The molecule has 6 nitrogen and oxygen atoms in total. The van der Waals surface area contributed by atoms with Crippen molar-refractivity contribution in [3.8, 4) is 5.75 Å². The molecule has 0 aliphatic rings. The van der Waals surface area contributed by atoms with E-state index in [0.717, 1.165) is 18.8 Å². The van der Waals surface area contributed by atoms with Gasteiger partial charge in [0.2, 0.25) is 0 Å². The van der Waals surface area contributed by atoms with E-state index in [1.807, 2.05) is 25.4 Å². The minimum absolute atomic E-state index is 0. The summed E-state index contributed by atoms with van der Waals surface area (Å²) < 4.78 is 21.5. The van der Waals surface area contributed by atoms with Gasteiger partial charge in [0, 0.05) is 26.0 Å². The SMILES string of the molecule is CN=C(NCc1nccn1CCc1ccccc1)NCC(C)Oc1ccccc1F.I. The Balaban J connectivity index is 0.00000341. The molecule has 1 heterocycles. The summed E-state index contributed by atoms with van der Waals surface area (Å²) >= 11 is 0. The molecule has 0 aliphatic carbocycles. The Kier molecular flexibility index (Phi) is 10.3. The smallest absolute Gasteiger partial charge is 0.191 e. The maximum Gasteiger partial charge on any atom is 0.191 e. The van der Waals surface area contributed by atoms with Crippen LogP contribution in [0.4, 0.5) is 4.39 Å². The molecule has 0 saturated carbocycles. The van der Waals surface area contributed by atoms with Gasteiger partial charge in [-0.05, 0) is 31.0 Å². The molecule has 8 heteroatoms. The van der Waals surface area contributed by atoms with Crippen molar-refractivity contribution in [3.05, 3.63) is 84.2 Å². The van der Waals surface area contributed by atoms with Gasteiger partial charge >= 0.3 is 0 Å². The van der Waals surface area contributed by atoms with Crippen LogP contribution < -0.4 is 15.4 Å². The van der Waals surface area contributed by atoms with E-state index in [4.69, 9.17) is 4.74 Å². The third-order valence-electron chi connectivity index (χ3n) is 4.65. The fraction of sp³-hybridized carbons (Fsp3) is 0.304. The number of hydrogen-bond donors (Lipinski definition) is 2. The lowest BCUT2D eigenvalue weighted by Crippen LogP contribution is -2.41. The van der Waals surface area contributed by atoms with E-state index < -0.39 is 0 Å². The number of nitrogens with one attached hydrogen (secondary N) is 2. The number of ether oxygens (including phenoxy) is 1. The first-order chi connectivity index (χ1) is 14.7. The van der Waals surface area contributed by atoms with Gasteiger partial charge in [-0.15, -0.1) is 24.0 Å². The van der Waals surface area contributed by atoms with E-state index in [-0.39, 0.29) is 41.6 Å². The summed E-state index contributed by atoms with van der Waals surface area (Å²) in [7, 11) is 1.71. The molecule has 0 radical (unpaired) electrons. The Morgan fingerprint density at radius 1 is 1.13 bits per heavy atom. The molecule has 0 saturated heterocycles. The van der Waals surface area contributed by atoms with Gasteiger partial charge in [0.25, 0.3) is 0 Å². The van der Waals surface area contributed by atoms with Gasteiger partial charge in [-0.2, -0.15) is 0 Å². The van der Waals surface area contributed by atoms with E-state index in [2.05, 4.69) is 49.4 Å². The van der Waals surface area contributed by atoms with Crippen LogP contribution in [0.3, 0.4) is 0 Å². The average molecular weight is 537 g/mol. The van der Waals surface area contributed by atoms with Crippen LogP contribution in [-0.4, -0.2) is 35.2 Å². The van der Waals surface area contributed by atoms with Gasteiger partial charge in [-0.25, -0.2) is 9.37 Å². The summed E-state index contributed by atoms with van der Waals surface area (Å²) in [5, 5.41) is 6.47. The highest BCUT2D eigenvalue weighted by Gasteiger charge is 2.10. The third kappa shape index (κ3) is 7.86. The van der Waals surface area contributed by atoms with E-state index in [0.29, 0.717) is 19.0 Å². The topological polar surface area (TPSA) is 63.5 Å². The fourth-order valence-corrected chi connectivity index (χ4v) is 3.03. The van der Waals surface area contributed by atoms with Gasteiger partial charge in [-0.3, -0.25) is 4.99 Å². The minimum Gasteiger partial charge on any atom is -0.486 e. The van der Waals surface area contributed by atoms with Crippen molar-refractivity contribution in [1.29, 1.82) is 0 Å². The zero-order chi connectivity index (χ0) is 21.2. The zero-order valence-electron chi connectivity index (χ0n) is 17.8. The van der Waals surface area contributed by atoms with Crippen LogP contribution in [0.2, 0.25) is 0 Å². The van der Waals surface area contributed by atoms with Crippen molar-refractivity contribution in [3.63, 3.8) is 0 Å². The van der Waals surface area contributed by atoms with E-state index in [1.54, 1.807) is 25.2 Å². The summed E-state index contributed by atoms with van der Waals surface area (Å²) in [5.41, 5.74) is 1.30. The van der Waals surface area contributed by atoms with Crippen LogP contribution in [-0.2, 0) is 19.5 Å². The average Bonchev–Trinajstić information content (AvgIpc) is 3.22. The highest BCUT2D eigenvalue weighted by molar-refractivity contribution is 14.0. The lowest BCUT2D eigenvalue weighted by Gasteiger charge is -2.18. The molecule has 3 rings (SSSR count). The number of guanidine groups is 1. The Morgan fingerprint density at radius 3 is 2.61 bits per heavy atom. The van der Waals surface area contributed by atoms with Gasteiger partial charge in [0.05, 0.1) is 13.1 Å². The first-order valence-electron chi connectivity index (χ1n) is 10.1. The second-order valence-electron chi connectivity index (χ2n) is 6.94. The van der Waals surface area contributed by atoms with E-state index in [1.165, 1.54) is 11.6 Å². The summed E-state index contributed by atoms with van der Waals surface area (Å²) in [6.45, 7) is 3.77. The summed E-state index contributed by atoms with van der Waals surface area (Å²) in [5.74, 6) is 1.45. The summed E-state index contributed by atoms with van der Waals surface area (Å²) in [4.78, 5) is 8.68. The first kappa shape index (κ1) is 24.6. The predicted molar refractivity (Wildman–Crippen MR) is 132 cm³/mol. The summed E-state index contributed by atoms with van der Waals surface area (Å²) in [6, 6.07) is 16.8. The molecule has 1 atom stereocenters. The zero-order valence-corrected chi connectivity index (χ0v) is 20.1. The number of aryl methyl sites for hydroxylation is 2. The largest absolute Gasteiger partial charge is 0.486 e. The molecule has 0 fully saturated rings. The number of para-hydroxylation sites is 1. The van der Waals surface area contributed by atoms with E-state index >= 15 is 0 Å². The van der Waals surface area contributed by atoms with Crippen molar-refractivity contribution in [1.82, 2.24) is 20.2 Å². The number of imidazole rings is 1. The third-order valence-corrected chi connectivity index (χ3v) is 4.65. The van der Waals surface area contributed by atoms with Gasteiger partial charge in [0.1, 0.15) is 11.9 Å². The number of hydrogen-bond acceptors (Lipinski definition) is 3. The lowest BCUT2D eigenvalue weighted by atomic mass is 10.1. The van der Waals surface area contributed by atoms with Crippen molar-refractivity contribution in [2.45, 2.75) is 32.5 Å². The highest BCUT2D eigenvalue weighted by Crippen LogP contribution is 2.16. The van der Waals surface area contributed by atoms with Crippen LogP contribution >= 0.6 is 24.0 Å². The van der Waals surface area contributed by atoms with Crippen molar-refractivity contribution >= 4 is 29.9 Å². The van der Waals surface area contributed by atoms with Crippen LogP contribution in [0, 0.1) is 5.82 Å². The van der Waals surface area contributed by atoms with Crippen LogP contribution in [0.25, 0.3) is 0 Å². The monoisotopic (exact) mass is 537 g/mol. The molecular weight excluding hydrogens is 508 g/mol. The lowest BCUT2D eigenvalue weighted by molar-refractivity contribution is 0.214. The fourth-order valence-electron chi connectivity index (χ4n) is 3.03. The Morgan fingerprint density at radius 2 is 1.87 bits per heavy atom. The summed E-state index contributed by atoms with van der Waals surface area (Å²) in [6.07, 6.45) is 4.51. The molecular formula is C23H29FIN5O. The molecule has 1 unspecified atom stereocenters. The molecule has 0 spiro atoms. The highest BCUT2D eigenvalue weighted by atomic mass is 127. The molecule has 1 aromatic heterocycles. The van der Waals surface area contributed by atoms with Crippen molar-refractivity contribution < 1.29 is 9.13 Å². The van der Waals surface area contributed by atoms with Gasteiger partial charge in [-0.1, -0.05) is 42.5 Å². The molecule has 31 heavy (non-hydrogen) atoms. The number of rotatable bonds is 9. The van der Waals surface area contributed by atoms with Crippen molar-refractivity contribution in [2.75, 3.05) is 13.6 Å². The quantitative estimate of drug-likeness (QED) is 0.246. The van der Waals surface area contributed by atoms with Crippen LogP contribution in [0.15, 0.2) is 72.0 Å². The number of nitrogens with zero attached hydrogens (tertiary/aromatic N) is 3. The molecule has 0 aliphatic heterocycles. The Hall–Kier alpha value is -2.62. The molecule has 166 valence electrons. The molecule has 3 aromatic rings. The Bertz CT molecular complexity index is 948. The van der Waals surface area contributed by atoms with Gasteiger partial charge < -0.3 is 19.9 Å².